The van der Waals surface area contributed by atoms with E-state index in [0.717, 1.165) is 23.3 Å². The second kappa shape index (κ2) is 5.56. The Hall–Kier alpha value is -2.36. The minimum atomic E-state index is -0.497. The first-order chi connectivity index (χ1) is 10.1. The van der Waals surface area contributed by atoms with E-state index < -0.39 is 11.7 Å². The molecule has 0 aromatic heterocycles. The molecule has 1 aliphatic rings. The predicted molar refractivity (Wildman–Crippen MR) is 78.0 cm³/mol. The minimum absolute atomic E-state index is 0.0658. The minimum Gasteiger partial charge on any atom is -0.488 e. The number of fused-ring (bicyclic) bond motifs is 1. The number of para-hydroxylation sites is 1. The summed E-state index contributed by atoms with van der Waals surface area (Å²) in [7, 11) is 0. The lowest BCUT2D eigenvalue weighted by molar-refractivity contribution is 0.0929. The van der Waals surface area contributed by atoms with Gasteiger partial charge in [0.25, 0.3) is 5.91 Å². The van der Waals surface area contributed by atoms with Crippen LogP contribution in [0.3, 0.4) is 0 Å². The van der Waals surface area contributed by atoms with Crippen molar-refractivity contribution in [3.8, 4) is 5.75 Å². The van der Waals surface area contributed by atoms with Gasteiger partial charge in [-0.3, -0.25) is 4.79 Å². The lowest BCUT2D eigenvalue weighted by Crippen LogP contribution is -2.34. The lowest BCUT2D eigenvalue weighted by Gasteiger charge is -2.12. The number of carbonyl (C=O) groups excluding carboxylic acids is 1. The van der Waals surface area contributed by atoms with Gasteiger partial charge in [-0.05, 0) is 36.2 Å². The van der Waals surface area contributed by atoms with Crippen molar-refractivity contribution in [2.45, 2.75) is 19.4 Å². The van der Waals surface area contributed by atoms with Gasteiger partial charge in [0.1, 0.15) is 17.7 Å². The quantitative estimate of drug-likeness (QED) is 0.941. The van der Waals surface area contributed by atoms with Gasteiger partial charge < -0.3 is 10.1 Å². The smallest absolute Gasteiger partial charge is 0.254 e. The van der Waals surface area contributed by atoms with Crippen LogP contribution >= 0.6 is 0 Å². The summed E-state index contributed by atoms with van der Waals surface area (Å²) in [6.07, 6.45) is 0.659. The van der Waals surface area contributed by atoms with E-state index in [0.29, 0.717) is 6.54 Å². The van der Waals surface area contributed by atoms with Crippen LogP contribution in [0.1, 0.15) is 21.5 Å². The summed E-state index contributed by atoms with van der Waals surface area (Å²) in [4.78, 5) is 12.0. The first kappa shape index (κ1) is 13.6. The maximum Gasteiger partial charge on any atom is 0.254 e. The van der Waals surface area contributed by atoms with Gasteiger partial charge in [0.05, 0.1) is 12.1 Å². The maximum atomic E-state index is 13.7. The monoisotopic (exact) mass is 285 g/mol. The molecule has 0 fully saturated rings. The van der Waals surface area contributed by atoms with Gasteiger partial charge in [-0.1, -0.05) is 24.3 Å². The van der Waals surface area contributed by atoms with Gasteiger partial charge in [0.2, 0.25) is 0 Å². The third-order valence-electron chi connectivity index (χ3n) is 3.57. The molecule has 0 spiro atoms. The number of aryl methyl sites for hydroxylation is 1. The first-order valence-corrected chi connectivity index (χ1v) is 6.92. The summed E-state index contributed by atoms with van der Waals surface area (Å²) < 4.78 is 19.5. The van der Waals surface area contributed by atoms with Gasteiger partial charge in [0.15, 0.2) is 0 Å². The van der Waals surface area contributed by atoms with Crippen molar-refractivity contribution in [1.29, 1.82) is 0 Å². The van der Waals surface area contributed by atoms with Crippen molar-refractivity contribution < 1.29 is 13.9 Å². The molecular formula is C17H16FNO2. The average molecular weight is 285 g/mol. The van der Waals surface area contributed by atoms with Gasteiger partial charge in [0, 0.05) is 6.42 Å². The molecule has 3 nitrogen and oxygen atoms in total. The Labute approximate surface area is 122 Å². The van der Waals surface area contributed by atoms with Gasteiger partial charge in [-0.25, -0.2) is 4.39 Å². The molecule has 1 atom stereocenters. The summed E-state index contributed by atoms with van der Waals surface area (Å²) in [5.41, 5.74) is 1.99. The Morgan fingerprint density at radius 1 is 1.33 bits per heavy atom. The molecule has 108 valence electrons. The van der Waals surface area contributed by atoms with Crippen molar-refractivity contribution in [3.05, 3.63) is 65.0 Å². The zero-order chi connectivity index (χ0) is 14.8. The molecule has 21 heavy (non-hydrogen) atoms. The molecule has 4 heteroatoms. The zero-order valence-electron chi connectivity index (χ0n) is 11.7. The van der Waals surface area contributed by atoms with Crippen LogP contribution < -0.4 is 10.1 Å². The number of amides is 1. The normalized spacial score (nSPS) is 16.2. The lowest BCUT2D eigenvalue weighted by atomic mass is 10.1. The third kappa shape index (κ3) is 2.89. The van der Waals surface area contributed by atoms with E-state index in [9.17, 15) is 9.18 Å². The third-order valence-corrected chi connectivity index (χ3v) is 3.57. The average Bonchev–Trinajstić information content (AvgIpc) is 2.87. The number of rotatable bonds is 3. The van der Waals surface area contributed by atoms with E-state index in [1.807, 2.05) is 24.3 Å². The number of halogens is 1. The molecule has 1 amide bonds. The van der Waals surface area contributed by atoms with Crippen LogP contribution in [-0.2, 0) is 6.42 Å². The van der Waals surface area contributed by atoms with Gasteiger partial charge in [-0.2, -0.15) is 0 Å². The molecule has 1 N–H and O–H groups in total. The topological polar surface area (TPSA) is 38.3 Å². The molecule has 0 aliphatic carbocycles. The van der Waals surface area contributed by atoms with Crippen LogP contribution in [0, 0.1) is 12.7 Å². The fourth-order valence-electron chi connectivity index (χ4n) is 2.47. The number of nitrogens with one attached hydrogen (secondary N) is 1. The number of benzene rings is 2. The van der Waals surface area contributed by atoms with E-state index in [2.05, 4.69) is 5.32 Å². The Balaban J connectivity index is 1.60. The fourth-order valence-corrected chi connectivity index (χ4v) is 2.47. The van der Waals surface area contributed by atoms with Crippen molar-refractivity contribution in [1.82, 2.24) is 5.32 Å². The molecule has 2 aromatic carbocycles. The predicted octanol–water partition coefficient (Wildman–Crippen LogP) is 2.87. The summed E-state index contributed by atoms with van der Waals surface area (Å²) in [5, 5.41) is 2.73. The summed E-state index contributed by atoms with van der Waals surface area (Å²) in [6, 6.07) is 12.4. The highest BCUT2D eigenvalue weighted by Gasteiger charge is 2.23. The number of ether oxygens (including phenoxy) is 1. The number of hydrogen-bond donors (Lipinski definition) is 1. The Kier molecular flexibility index (Phi) is 3.60. The molecule has 1 heterocycles. The summed E-state index contributed by atoms with van der Waals surface area (Å²) in [5.74, 6) is -0.0477. The van der Waals surface area contributed by atoms with Crippen LogP contribution in [0.4, 0.5) is 4.39 Å². The van der Waals surface area contributed by atoms with Gasteiger partial charge >= 0.3 is 0 Å². The number of hydrogen-bond acceptors (Lipinski definition) is 2. The van der Waals surface area contributed by atoms with Crippen LogP contribution in [0.2, 0.25) is 0 Å². The van der Waals surface area contributed by atoms with Crippen LogP contribution in [0.15, 0.2) is 42.5 Å². The molecule has 0 saturated heterocycles. The van der Waals surface area contributed by atoms with Crippen molar-refractivity contribution in [2.75, 3.05) is 6.54 Å². The highest BCUT2D eigenvalue weighted by molar-refractivity contribution is 5.94. The zero-order valence-corrected chi connectivity index (χ0v) is 11.7. The molecule has 2 aromatic rings. The fraction of sp³-hybridized carbons (Fsp3) is 0.235. The molecule has 1 aliphatic heterocycles. The van der Waals surface area contributed by atoms with Crippen LogP contribution in [-0.4, -0.2) is 18.6 Å². The van der Waals surface area contributed by atoms with Gasteiger partial charge in [-0.15, -0.1) is 0 Å². The Bertz CT molecular complexity index is 659. The number of carbonyl (C=O) groups is 1. The first-order valence-electron chi connectivity index (χ1n) is 6.92. The SMILES string of the molecule is Cc1ccc(C(=O)NCC2Cc3ccccc3O2)c(F)c1. The molecule has 1 unspecified atom stereocenters. The second-order valence-electron chi connectivity index (χ2n) is 5.25. The second-order valence-corrected chi connectivity index (χ2v) is 5.25. The van der Waals surface area contributed by atoms with Crippen LogP contribution in [0.25, 0.3) is 0 Å². The van der Waals surface area contributed by atoms with Crippen molar-refractivity contribution in [3.63, 3.8) is 0 Å². The standard InChI is InChI=1S/C17H16FNO2/c1-11-6-7-14(15(18)8-11)17(20)19-10-13-9-12-4-2-3-5-16(12)21-13/h2-8,13H,9-10H2,1H3,(H,19,20). The molecule has 0 radical (unpaired) electrons. The highest BCUT2D eigenvalue weighted by atomic mass is 19.1. The maximum absolute atomic E-state index is 13.7. The Morgan fingerprint density at radius 3 is 2.90 bits per heavy atom. The van der Waals surface area contributed by atoms with Crippen molar-refractivity contribution >= 4 is 5.91 Å². The van der Waals surface area contributed by atoms with E-state index in [1.165, 1.54) is 12.1 Å². The Morgan fingerprint density at radius 2 is 2.14 bits per heavy atom. The summed E-state index contributed by atoms with van der Waals surface area (Å²) in [6.45, 7) is 2.15. The van der Waals surface area contributed by atoms with E-state index >= 15 is 0 Å². The van der Waals surface area contributed by atoms with E-state index in [-0.39, 0.29) is 11.7 Å². The van der Waals surface area contributed by atoms with Crippen molar-refractivity contribution in [2.24, 2.45) is 0 Å². The molecular weight excluding hydrogens is 269 g/mol. The summed E-state index contributed by atoms with van der Waals surface area (Å²) >= 11 is 0. The largest absolute Gasteiger partial charge is 0.488 e. The molecule has 3 rings (SSSR count). The van der Waals surface area contributed by atoms with Crippen LogP contribution in [0.5, 0.6) is 5.75 Å². The highest BCUT2D eigenvalue weighted by Crippen LogP contribution is 2.27. The molecule has 0 bridgehead atoms. The van der Waals surface area contributed by atoms with E-state index in [1.54, 1.807) is 13.0 Å². The van der Waals surface area contributed by atoms with E-state index in [4.69, 9.17) is 4.74 Å². The molecule has 0 saturated carbocycles.